The largest absolute Gasteiger partial charge is 0.573 e. The number of para-hydroxylation sites is 1. The van der Waals surface area contributed by atoms with Crippen molar-refractivity contribution in [1.82, 2.24) is 25.6 Å². The van der Waals surface area contributed by atoms with Crippen molar-refractivity contribution in [2.45, 2.75) is 25.9 Å². The Morgan fingerprint density at radius 1 is 1.09 bits per heavy atom. The lowest BCUT2D eigenvalue weighted by molar-refractivity contribution is -0.274. The molecule has 0 radical (unpaired) electrons. The number of ether oxygens (including phenoxy) is 2. The summed E-state index contributed by atoms with van der Waals surface area (Å²) in [5, 5.41) is 4.68. The van der Waals surface area contributed by atoms with Gasteiger partial charge in [-0.25, -0.2) is 19.9 Å². The van der Waals surface area contributed by atoms with E-state index in [4.69, 9.17) is 4.74 Å². The monoisotopic (exact) mass is 625 g/mol. The van der Waals surface area contributed by atoms with Crippen LogP contribution in [0.1, 0.15) is 24.1 Å². The molecule has 2 N–H and O–H groups in total. The second-order valence-corrected chi connectivity index (χ2v) is 10.4. The Balaban J connectivity index is 1.19. The summed E-state index contributed by atoms with van der Waals surface area (Å²) in [6.07, 6.45) is -3.31. The zero-order chi connectivity index (χ0) is 31.3. The maximum Gasteiger partial charge on any atom is 0.573 e. The fraction of sp³-hybridized carbons (Fsp3) is 0.207. The van der Waals surface area contributed by atoms with Gasteiger partial charge in [-0.05, 0) is 42.8 Å². The first-order valence-corrected chi connectivity index (χ1v) is 14.1. The normalized spacial score (nSPS) is 15.1. The summed E-state index contributed by atoms with van der Waals surface area (Å²) in [6.45, 7) is 2.15. The number of rotatable bonds is 9. The predicted octanol–water partition coefficient (Wildman–Crippen LogP) is 5.39. The van der Waals surface area contributed by atoms with Crippen LogP contribution in [0.2, 0.25) is 0 Å². The minimum atomic E-state index is -4.77. The van der Waals surface area contributed by atoms with E-state index in [-0.39, 0.29) is 28.6 Å². The third-order valence-electron chi connectivity index (χ3n) is 6.39. The van der Waals surface area contributed by atoms with Gasteiger partial charge in [0.25, 0.3) is 0 Å². The van der Waals surface area contributed by atoms with Crippen molar-refractivity contribution in [3.8, 4) is 22.8 Å². The fourth-order valence-electron chi connectivity index (χ4n) is 4.30. The van der Waals surface area contributed by atoms with E-state index in [1.165, 1.54) is 51.9 Å². The minimum Gasteiger partial charge on any atom is -0.406 e. The summed E-state index contributed by atoms with van der Waals surface area (Å²) in [5.41, 5.74) is 8.97. The Morgan fingerprint density at radius 2 is 1.82 bits per heavy atom. The Kier molecular flexibility index (Phi) is 9.27. The van der Waals surface area contributed by atoms with Gasteiger partial charge in [0.1, 0.15) is 12.1 Å². The molecule has 0 bridgehead atoms. The molecule has 1 saturated heterocycles. The topological polar surface area (TPSA) is 123 Å². The van der Waals surface area contributed by atoms with Gasteiger partial charge in [0.05, 0.1) is 23.7 Å². The number of urea groups is 1. The molecule has 11 nitrogen and oxygen atoms in total. The van der Waals surface area contributed by atoms with E-state index in [0.717, 1.165) is 11.1 Å². The number of amides is 3. The number of nitrogens with zero attached hydrogens (tertiary/aromatic N) is 5. The second-order valence-electron chi connectivity index (χ2n) is 9.45. The number of carbonyl (C=O) groups is 2. The molecule has 228 valence electrons. The van der Waals surface area contributed by atoms with Gasteiger partial charge in [-0.1, -0.05) is 54.2 Å². The third kappa shape index (κ3) is 7.42. The van der Waals surface area contributed by atoms with E-state index < -0.39 is 12.4 Å². The van der Waals surface area contributed by atoms with Gasteiger partial charge >= 0.3 is 12.4 Å². The molecule has 4 aromatic rings. The van der Waals surface area contributed by atoms with Gasteiger partial charge in [0.2, 0.25) is 5.91 Å². The lowest BCUT2D eigenvalue weighted by atomic mass is 10.1. The molecule has 1 fully saturated rings. The molecular formula is C29H26F3N7O4S. The van der Waals surface area contributed by atoms with E-state index in [1.54, 1.807) is 19.2 Å². The van der Waals surface area contributed by atoms with Crippen LogP contribution in [0.25, 0.3) is 17.1 Å². The number of carbonyl (C=O) groups excluding carboxylic acids is 2. The van der Waals surface area contributed by atoms with Crippen LogP contribution in [0.15, 0.2) is 84.1 Å². The smallest absolute Gasteiger partial charge is 0.406 e. The summed E-state index contributed by atoms with van der Waals surface area (Å²) < 4.78 is 47.8. The van der Waals surface area contributed by atoms with Crippen molar-refractivity contribution in [3.63, 3.8) is 0 Å². The SMILES string of the molecule is COCc1ccccc1N1C(=O)CSC1=NC(=O)NNC(C)c1ccc(-c2ncn(-c3ccc(OC(F)(F)F)cc3)n2)cc1. The Morgan fingerprint density at radius 3 is 2.52 bits per heavy atom. The van der Waals surface area contributed by atoms with Crippen LogP contribution < -0.4 is 20.5 Å². The Labute approximate surface area is 254 Å². The van der Waals surface area contributed by atoms with Gasteiger partial charge in [0.15, 0.2) is 11.0 Å². The van der Waals surface area contributed by atoms with Gasteiger partial charge in [-0.2, -0.15) is 4.99 Å². The quantitative estimate of drug-likeness (QED) is 0.238. The first kappa shape index (κ1) is 30.7. The van der Waals surface area contributed by atoms with Crippen LogP contribution in [-0.4, -0.2) is 51.1 Å². The maximum absolute atomic E-state index is 12.7. The molecular weight excluding hydrogens is 599 g/mol. The second kappa shape index (κ2) is 13.3. The van der Waals surface area contributed by atoms with Crippen LogP contribution in [0.4, 0.5) is 23.7 Å². The van der Waals surface area contributed by atoms with Gasteiger partial charge in [-0.3, -0.25) is 15.1 Å². The van der Waals surface area contributed by atoms with E-state index in [9.17, 15) is 22.8 Å². The molecule has 0 saturated carbocycles. The number of aliphatic imine (C=N–C) groups is 1. The van der Waals surface area contributed by atoms with E-state index in [1.807, 2.05) is 43.3 Å². The Hall–Kier alpha value is -4.73. The van der Waals surface area contributed by atoms with Gasteiger partial charge in [0, 0.05) is 24.3 Å². The lowest BCUT2D eigenvalue weighted by Gasteiger charge is -2.19. The highest BCUT2D eigenvalue weighted by molar-refractivity contribution is 8.15. The highest BCUT2D eigenvalue weighted by Crippen LogP contribution is 2.30. The summed E-state index contributed by atoms with van der Waals surface area (Å²) >= 11 is 1.18. The standard InChI is InChI=1S/C29H26F3N7O4S/c1-18(35-36-27(41)34-28-39(25(40)16-44-28)24-6-4-3-5-21(24)15-42-2)19-7-9-20(10-8-19)26-33-17-38(37-26)22-11-13-23(14-12-22)43-29(30,31)32/h3-14,17-18,35H,15-16H2,1-2H3,(H,36,41). The van der Waals surface area contributed by atoms with Crippen molar-refractivity contribution in [1.29, 1.82) is 0 Å². The number of benzene rings is 3. The number of hydrazine groups is 1. The molecule has 1 aromatic heterocycles. The molecule has 0 aliphatic carbocycles. The molecule has 44 heavy (non-hydrogen) atoms. The number of thioether (sulfide) groups is 1. The first-order valence-electron chi connectivity index (χ1n) is 13.2. The molecule has 3 aromatic carbocycles. The van der Waals surface area contributed by atoms with Crippen molar-refractivity contribution >= 4 is 34.6 Å². The maximum atomic E-state index is 12.7. The number of anilines is 1. The van der Waals surface area contributed by atoms with E-state index in [2.05, 4.69) is 30.7 Å². The van der Waals surface area contributed by atoms with Crippen LogP contribution in [0.5, 0.6) is 5.75 Å². The van der Waals surface area contributed by atoms with Crippen LogP contribution in [0, 0.1) is 0 Å². The van der Waals surface area contributed by atoms with E-state index in [0.29, 0.717) is 29.4 Å². The highest BCUT2D eigenvalue weighted by atomic mass is 32.2. The van der Waals surface area contributed by atoms with Crippen molar-refractivity contribution in [3.05, 3.63) is 90.3 Å². The van der Waals surface area contributed by atoms with Crippen LogP contribution >= 0.6 is 11.8 Å². The number of hydrogen-bond donors (Lipinski definition) is 2. The molecule has 1 atom stereocenters. The minimum absolute atomic E-state index is 0.167. The average molecular weight is 626 g/mol. The summed E-state index contributed by atoms with van der Waals surface area (Å²) in [6, 6.07) is 18.9. The number of halogens is 3. The van der Waals surface area contributed by atoms with E-state index >= 15 is 0 Å². The van der Waals surface area contributed by atoms with Crippen LogP contribution in [0.3, 0.4) is 0 Å². The van der Waals surface area contributed by atoms with Crippen LogP contribution in [-0.2, 0) is 16.1 Å². The molecule has 3 amide bonds. The third-order valence-corrected chi connectivity index (χ3v) is 7.31. The van der Waals surface area contributed by atoms with Gasteiger partial charge < -0.3 is 9.47 Å². The molecule has 1 aliphatic rings. The number of methoxy groups -OCH3 is 1. The molecule has 5 rings (SSSR count). The van der Waals surface area contributed by atoms with Gasteiger partial charge in [-0.15, -0.1) is 18.3 Å². The molecule has 2 heterocycles. The summed E-state index contributed by atoms with van der Waals surface area (Å²) in [4.78, 5) is 35.1. The molecule has 0 spiro atoms. The predicted molar refractivity (Wildman–Crippen MR) is 158 cm³/mol. The average Bonchev–Trinajstić information content (AvgIpc) is 3.63. The zero-order valence-corrected chi connectivity index (χ0v) is 24.2. The summed E-state index contributed by atoms with van der Waals surface area (Å²) in [7, 11) is 1.57. The fourth-order valence-corrected chi connectivity index (χ4v) is 5.16. The number of alkyl halides is 3. The van der Waals surface area contributed by atoms with Crippen molar-refractivity contribution in [2.24, 2.45) is 4.99 Å². The number of aromatic nitrogens is 3. The highest BCUT2D eigenvalue weighted by Gasteiger charge is 2.32. The number of nitrogens with one attached hydrogen (secondary N) is 2. The first-order chi connectivity index (χ1) is 21.1. The molecule has 1 aliphatic heterocycles. The summed E-state index contributed by atoms with van der Waals surface area (Å²) in [5.74, 6) is 0.0677. The number of hydrogen-bond acceptors (Lipinski definition) is 8. The zero-order valence-electron chi connectivity index (χ0n) is 23.4. The molecule has 1 unspecified atom stereocenters. The molecule has 15 heteroatoms. The van der Waals surface area contributed by atoms with Crippen molar-refractivity contribution < 1.29 is 32.2 Å². The lowest BCUT2D eigenvalue weighted by Crippen LogP contribution is -2.39. The Bertz CT molecular complexity index is 1660. The number of amidine groups is 1. The van der Waals surface area contributed by atoms with Crippen molar-refractivity contribution in [2.75, 3.05) is 17.8 Å².